The summed E-state index contributed by atoms with van der Waals surface area (Å²) in [5.41, 5.74) is -0.0295. The fourth-order valence-electron chi connectivity index (χ4n) is 2.26. The van der Waals surface area contributed by atoms with Crippen molar-refractivity contribution in [2.24, 2.45) is 0 Å². The number of ether oxygens (including phenoxy) is 1. The molecule has 0 atom stereocenters. The predicted molar refractivity (Wildman–Crippen MR) is 104 cm³/mol. The van der Waals surface area contributed by atoms with Crippen LogP contribution in [0.4, 0.5) is 15.8 Å². The molecule has 1 N–H and O–H groups in total. The van der Waals surface area contributed by atoms with Crippen LogP contribution in [-0.2, 0) is 24.3 Å². The second-order valence-corrected chi connectivity index (χ2v) is 8.25. The van der Waals surface area contributed by atoms with Crippen LogP contribution in [0.2, 0.25) is 0 Å². The van der Waals surface area contributed by atoms with Gasteiger partial charge in [0.1, 0.15) is 12.4 Å². The van der Waals surface area contributed by atoms with Crippen LogP contribution in [0.3, 0.4) is 0 Å². The number of carbonyl (C=O) groups is 2. The Bertz CT molecular complexity index is 1070. The lowest BCUT2D eigenvalue weighted by molar-refractivity contribution is -0.384. The average Bonchev–Trinajstić information content (AvgIpc) is 2.68. The second-order valence-electron chi connectivity index (χ2n) is 6.20. The van der Waals surface area contributed by atoms with E-state index in [1.54, 1.807) is 19.1 Å². The molecule has 30 heavy (non-hydrogen) atoms. The van der Waals surface area contributed by atoms with Gasteiger partial charge in [0.05, 0.1) is 15.5 Å². The van der Waals surface area contributed by atoms with Gasteiger partial charge < -0.3 is 10.1 Å². The smallest absolute Gasteiger partial charge is 0.321 e. The van der Waals surface area contributed by atoms with Crippen LogP contribution in [0.1, 0.15) is 5.56 Å². The highest BCUT2D eigenvalue weighted by atomic mass is 32.2. The molecule has 10 nitrogen and oxygen atoms in total. The monoisotopic (exact) mass is 439 g/mol. The number of carbonyl (C=O) groups excluding carboxylic acids is 2. The van der Waals surface area contributed by atoms with Crippen molar-refractivity contribution in [2.75, 3.05) is 25.5 Å². The standard InChI is InChI=1S/C18H18FN3O7S/c1-12-3-6-14(7-4-12)30(27,28)21(2)10-18(24)29-11-17(23)20-16-9-13(22(25)26)5-8-15(16)19/h3-9H,10-11H2,1-2H3,(H,20,23). The van der Waals surface area contributed by atoms with Gasteiger partial charge in [-0.1, -0.05) is 17.7 Å². The van der Waals surface area contributed by atoms with Gasteiger partial charge in [-0.15, -0.1) is 0 Å². The number of hydrogen-bond acceptors (Lipinski definition) is 7. The van der Waals surface area contributed by atoms with Gasteiger partial charge in [0.2, 0.25) is 10.0 Å². The Labute approximate surface area is 171 Å². The third kappa shape index (κ3) is 5.81. The number of halogens is 1. The number of non-ortho nitro benzene ring substituents is 1. The number of aryl methyl sites for hydroxylation is 1. The largest absolute Gasteiger partial charge is 0.455 e. The number of nitro benzene ring substituents is 1. The van der Waals surface area contributed by atoms with E-state index in [1.807, 2.05) is 5.32 Å². The lowest BCUT2D eigenvalue weighted by Gasteiger charge is -2.16. The number of nitrogens with one attached hydrogen (secondary N) is 1. The van der Waals surface area contributed by atoms with Gasteiger partial charge in [0.25, 0.3) is 11.6 Å². The Balaban J connectivity index is 1.92. The van der Waals surface area contributed by atoms with Crippen molar-refractivity contribution in [3.63, 3.8) is 0 Å². The number of amides is 1. The van der Waals surface area contributed by atoms with Gasteiger partial charge in [-0.3, -0.25) is 19.7 Å². The van der Waals surface area contributed by atoms with E-state index in [0.717, 1.165) is 28.1 Å². The van der Waals surface area contributed by atoms with E-state index in [0.29, 0.717) is 0 Å². The van der Waals surface area contributed by atoms with Crippen LogP contribution in [0, 0.1) is 22.9 Å². The van der Waals surface area contributed by atoms with Crippen LogP contribution < -0.4 is 5.32 Å². The number of esters is 1. The fraction of sp³-hybridized carbons (Fsp3) is 0.222. The maximum absolute atomic E-state index is 13.7. The summed E-state index contributed by atoms with van der Waals surface area (Å²) in [4.78, 5) is 33.6. The molecule has 0 fully saturated rings. The summed E-state index contributed by atoms with van der Waals surface area (Å²) in [6.07, 6.45) is 0. The Morgan fingerprint density at radius 1 is 1.20 bits per heavy atom. The third-order valence-electron chi connectivity index (χ3n) is 3.88. The van der Waals surface area contributed by atoms with Crippen molar-refractivity contribution in [2.45, 2.75) is 11.8 Å². The van der Waals surface area contributed by atoms with Crippen LogP contribution in [0.25, 0.3) is 0 Å². The lowest BCUT2D eigenvalue weighted by atomic mass is 10.2. The summed E-state index contributed by atoms with van der Waals surface area (Å²) in [6, 6.07) is 8.56. The first-order valence-electron chi connectivity index (χ1n) is 8.43. The van der Waals surface area contributed by atoms with Crippen LogP contribution in [0.5, 0.6) is 0 Å². The number of hydrogen-bond donors (Lipinski definition) is 1. The molecule has 0 saturated heterocycles. The van der Waals surface area contributed by atoms with Gasteiger partial charge in [0, 0.05) is 19.2 Å². The molecule has 0 aliphatic carbocycles. The molecular weight excluding hydrogens is 421 g/mol. The minimum atomic E-state index is -3.94. The molecule has 12 heteroatoms. The van der Waals surface area contributed by atoms with Crippen LogP contribution in [0.15, 0.2) is 47.4 Å². The van der Waals surface area contributed by atoms with E-state index >= 15 is 0 Å². The molecule has 160 valence electrons. The normalized spacial score (nSPS) is 11.2. The van der Waals surface area contributed by atoms with Gasteiger partial charge in [0.15, 0.2) is 6.61 Å². The number of sulfonamides is 1. The highest BCUT2D eigenvalue weighted by molar-refractivity contribution is 7.89. The average molecular weight is 439 g/mol. The van der Waals surface area contributed by atoms with Gasteiger partial charge in [-0.25, -0.2) is 12.8 Å². The predicted octanol–water partition coefficient (Wildman–Crippen LogP) is 1.84. The number of likely N-dealkylation sites (N-methyl/N-ethyl adjacent to an activating group) is 1. The van der Waals surface area contributed by atoms with Crippen molar-refractivity contribution in [3.05, 3.63) is 64.0 Å². The molecule has 0 heterocycles. The Hall–Kier alpha value is -3.38. The molecule has 1 amide bonds. The van der Waals surface area contributed by atoms with E-state index in [1.165, 1.54) is 19.2 Å². The second kappa shape index (κ2) is 9.41. The highest BCUT2D eigenvalue weighted by Crippen LogP contribution is 2.21. The minimum Gasteiger partial charge on any atom is -0.455 e. The SMILES string of the molecule is Cc1ccc(S(=O)(=O)N(C)CC(=O)OCC(=O)Nc2cc([N+](=O)[O-])ccc2F)cc1. The zero-order valence-electron chi connectivity index (χ0n) is 16.0. The summed E-state index contributed by atoms with van der Waals surface area (Å²) < 4.78 is 44.0. The maximum atomic E-state index is 13.7. The van der Waals surface area contributed by atoms with Gasteiger partial charge in [-0.2, -0.15) is 4.31 Å². The summed E-state index contributed by atoms with van der Waals surface area (Å²) in [5.74, 6) is -2.88. The van der Waals surface area contributed by atoms with E-state index in [9.17, 15) is 32.5 Å². The van der Waals surface area contributed by atoms with Crippen molar-refractivity contribution in [3.8, 4) is 0 Å². The molecule has 0 spiro atoms. The first kappa shape index (κ1) is 22.9. The first-order valence-corrected chi connectivity index (χ1v) is 9.87. The molecule has 0 saturated carbocycles. The van der Waals surface area contributed by atoms with Crippen molar-refractivity contribution >= 4 is 33.3 Å². The number of nitrogens with zero attached hydrogens (tertiary/aromatic N) is 2. The molecule has 0 aliphatic heterocycles. The molecule has 2 rings (SSSR count). The van der Waals surface area contributed by atoms with Crippen molar-refractivity contribution in [1.82, 2.24) is 4.31 Å². The molecule has 0 bridgehead atoms. The van der Waals surface area contributed by atoms with Gasteiger partial charge >= 0.3 is 5.97 Å². The fourth-order valence-corrected chi connectivity index (χ4v) is 3.37. The summed E-state index contributed by atoms with van der Waals surface area (Å²) in [7, 11) is -2.76. The maximum Gasteiger partial charge on any atom is 0.321 e. The molecule has 0 unspecified atom stereocenters. The van der Waals surface area contributed by atoms with E-state index < -0.39 is 57.2 Å². The third-order valence-corrected chi connectivity index (χ3v) is 5.70. The van der Waals surface area contributed by atoms with Gasteiger partial charge in [-0.05, 0) is 25.1 Å². The molecule has 2 aromatic carbocycles. The molecule has 0 aliphatic rings. The molecule has 0 radical (unpaired) electrons. The van der Waals surface area contributed by atoms with Crippen LogP contribution in [-0.4, -0.2) is 49.7 Å². The zero-order chi connectivity index (χ0) is 22.5. The minimum absolute atomic E-state index is 0.0118. The van der Waals surface area contributed by atoms with E-state index in [2.05, 4.69) is 0 Å². The summed E-state index contributed by atoms with van der Waals surface area (Å²) in [6.45, 7) is 0.302. The Kier molecular flexibility index (Phi) is 7.19. The van der Waals surface area contributed by atoms with Crippen molar-refractivity contribution in [1.29, 1.82) is 0 Å². The van der Waals surface area contributed by atoms with E-state index in [4.69, 9.17) is 4.74 Å². The topological polar surface area (TPSA) is 136 Å². The molecule has 0 aromatic heterocycles. The Morgan fingerprint density at radius 3 is 2.43 bits per heavy atom. The zero-order valence-corrected chi connectivity index (χ0v) is 16.8. The number of rotatable bonds is 8. The molecular formula is C18H18FN3O7S. The summed E-state index contributed by atoms with van der Waals surface area (Å²) >= 11 is 0. The van der Waals surface area contributed by atoms with Crippen molar-refractivity contribution < 1.29 is 32.1 Å². The Morgan fingerprint density at radius 2 is 1.83 bits per heavy atom. The first-order chi connectivity index (χ1) is 14.0. The number of nitro groups is 1. The number of benzene rings is 2. The highest BCUT2D eigenvalue weighted by Gasteiger charge is 2.24. The lowest BCUT2D eigenvalue weighted by Crippen LogP contribution is -2.34. The molecule has 2 aromatic rings. The quantitative estimate of drug-likeness (QED) is 0.376. The van der Waals surface area contributed by atoms with Crippen LogP contribution >= 0.6 is 0 Å². The number of anilines is 1. The summed E-state index contributed by atoms with van der Waals surface area (Å²) in [5, 5.41) is 12.8. The van der Waals surface area contributed by atoms with E-state index in [-0.39, 0.29) is 4.90 Å².